The van der Waals surface area contributed by atoms with Crippen LogP contribution < -0.4 is 0 Å². The molecule has 3 unspecified atom stereocenters. The average Bonchev–Trinajstić information content (AvgIpc) is 2.97. The third-order valence-electron chi connectivity index (χ3n) is 3.60. The quantitative estimate of drug-likeness (QED) is 0.521. The number of ether oxygens (including phenoxy) is 2. The van der Waals surface area contributed by atoms with Gasteiger partial charge in [0.1, 0.15) is 0 Å². The molecular formula is C16H28O3. The maximum atomic E-state index is 11.8. The summed E-state index contributed by atoms with van der Waals surface area (Å²) < 4.78 is 11.2. The van der Waals surface area contributed by atoms with E-state index >= 15 is 0 Å². The fourth-order valence-electron chi connectivity index (χ4n) is 2.27. The van der Waals surface area contributed by atoms with Crippen molar-refractivity contribution < 1.29 is 14.3 Å². The second-order valence-electron chi connectivity index (χ2n) is 6.15. The van der Waals surface area contributed by atoms with E-state index in [1.54, 1.807) is 0 Å². The fourth-order valence-corrected chi connectivity index (χ4v) is 2.27. The Hall–Kier alpha value is -0.830. The van der Waals surface area contributed by atoms with Gasteiger partial charge in [0.25, 0.3) is 0 Å². The van der Waals surface area contributed by atoms with Gasteiger partial charge in [-0.1, -0.05) is 26.8 Å². The highest BCUT2D eigenvalue weighted by atomic mass is 16.5. The van der Waals surface area contributed by atoms with Gasteiger partial charge in [0.2, 0.25) is 0 Å². The minimum absolute atomic E-state index is 0.0522. The lowest BCUT2D eigenvalue weighted by molar-refractivity contribution is -0.148. The molecule has 0 saturated heterocycles. The molecule has 1 fully saturated rings. The highest BCUT2D eigenvalue weighted by Crippen LogP contribution is 2.48. The Bertz CT molecular complexity index is 346. The lowest BCUT2D eigenvalue weighted by Crippen LogP contribution is -2.25. The Balaban J connectivity index is 2.48. The third-order valence-corrected chi connectivity index (χ3v) is 3.60. The normalized spacial score (nSPS) is 28.4. The van der Waals surface area contributed by atoms with Crippen LogP contribution in [-0.4, -0.2) is 24.3 Å². The van der Waals surface area contributed by atoms with Gasteiger partial charge >= 0.3 is 5.97 Å². The van der Waals surface area contributed by atoms with Crippen LogP contribution in [0.2, 0.25) is 0 Å². The molecule has 1 rings (SSSR count). The van der Waals surface area contributed by atoms with E-state index in [0.717, 1.165) is 12.8 Å². The monoisotopic (exact) mass is 268 g/mol. The van der Waals surface area contributed by atoms with Crippen LogP contribution in [0.5, 0.6) is 0 Å². The first-order valence-corrected chi connectivity index (χ1v) is 7.33. The Kier molecular flexibility index (Phi) is 5.60. The van der Waals surface area contributed by atoms with Gasteiger partial charge in [-0.25, -0.2) is 0 Å². The average molecular weight is 268 g/mol. The van der Waals surface area contributed by atoms with Gasteiger partial charge < -0.3 is 9.47 Å². The van der Waals surface area contributed by atoms with Crippen LogP contribution in [0.3, 0.4) is 0 Å². The van der Waals surface area contributed by atoms with E-state index in [2.05, 4.69) is 26.8 Å². The summed E-state index contributed by atoms with van der Waals surface area (Å²) >= 11 is 0. The van der Waals surface area contributed by atoms with E-state index in [1.165, 1.54) is 5.57 Å². The van der Waals surface area contributed by atoms with Crippen LogP contribution in [0.4, 0.5) is 0 Å². The van der Waals surface area contributed by atoms with Crippen molar-refractivity contribution in [3.63, 3.8) is 0 Å². The zero-order chi connectivity index (χ0) is 14.6. The lowest BCUT2D eigenvalue weighted by Gasteiger charge is -2.21. The number of esters is 1. The van der Waals surface area contributed by atoms with Crippen LogP contribution in [-0.2, 0) is 14.3 Å². The predicted molar refractivity (Wildman–Crippen MR) is 76.9 cm³/mol. The zero-order valence-corrected chi connectivity index (χ0v) is 13.2. The highest BCUT2D eigenvalue weighted by Gasteiger charge is 2.57. The molecule has 0 spiro atoms. The van der Waals surface area contributed by atoms with Gasteiger partial charge in [-0.3, -0.25) is 4.79 Å². The smallest absolute Gasteiger partial charge is 0.311 e. The van der Waals surface area contributed by atoms with Crippen LogP contribution in [0.1, 0.15) is 54.4 Å². The molecule has 1 saturated carbocycles. The fraction of sp³-hybridized carbons (Fsp3) is 0.812. The highest BCUT2D eigenvalue weighted by molar-refractivity contribution is 5.77. The van der Waals surface area contributed by atoms with Crippen molar-refractivity contribution in [1.82, 2.24) is 0 Å². The number of carbonyl (C=O) groups excluding carboxylic acids is 1. The molecule has 0 aromatic heterocycles. The Morgan fingerprint density at radius 2 is 2.05 bits per heavy atom. The molecule has 1 aliphatic rings. The summed E-state index contributed by atoms with van der Waals surface area (Å²) in [4.78, 5) is 11.8. The van der Waals surface area contributed by atoms with Gasteiger partial charge in [-0.15, -0.1) is 0 Å². The number of carbonyl (C=O) groups is 1. The van der Waals surface area contributed by atoms with Crippen molar-refractivity contribution in [2.24, 2.45) is 11.8 Å². The minimum atomic E-state index is -0.337. The second kappa shape index (κ2) is 6.56. The predicted octanol–water partition coefficient (Wildman–Crippen LogP) is 3.73. The van der Waals surface area contributed by atoms with Crippen molar-refractivity contribution >= 4 is 5.97 Å². The van der Waals surface area contributed by atoms with E-state index in [1.807, 2.05) is 20.8 Å². The summed E-state index contributed by atoms with van der Waals surface area (Å²) in [5.74, 6) is 0.318. The second-order valence-corrected chi connectivity index (χ2v) is 6.15. The lowest BCUT2D eigenvalue weighted by atomic mass is 10.1. The van der Waals surface area contributed by atoms with Crippen molar-refractivity contribution in [3.8, 4) is 0 Å². The van der Waals surface area contributed by atoms with Crippen LogP contribution >= 0.6 is 0 Å². The summed E-state index contributed by atoms with van der Waals surface area (Å²) in [5, 5.41) is 0. The number of hydrogen-bond acceptors (Lipinski definition) is 3. The summed E-state index contributed by atoms with van der Waals surface area (Å²) in [5.41, 5.74) is 0.889. The number of rotatable bonds is 7. The molecule has 0 aromatic carbocycles. The topological polar surface area (TPSA) is 35.5 Å². The Morgan fingerprint density at radius 1 is 1.42 bits per heavy atom. The molecule has 0 heterocycles. The maximum Gasteiger partial charge on any atom is 0.311 e. The standard InChI is InChI=1S/C16H28O3/c1-7-8-18-15(17)14-10-16(14,6)19-13(5)12(4)9-11(2)3/h9,11,13-14H,7-8,10H2,1-6H3/b12-9+. The van der Waals surface area contributed by atoms with E-state index in [-0.39, 0.29) is 23.6 Å². The molecule has 3 nitrogen and oxygen atoms in total. The summed E-state index contributed by atoms with van der Waals surface area (Å²) in [6.07, 6.45) is 3.90. The van der Waals surface area contributed by atoms with Gasteiger partial charge in [0, 0.05) is 0 Å². The maximum absolute atomic E-state index is 11.8. The SMILES string of the molecule is CCCOC(=O)C1CC1(C)OC(C)/C(C)=C/C(C)C. The molecule has 0 amide bonds. The molecule has 0 aromatic rings. The molecule has 0 N–H and O–H groups in total. The van der Waals surface area contributed by atoms with E-state index in [0.29, 0.717) is 12.5 Å². The molecule has 3 heteroatoms. The molecule has 110 valence electrons. The molecule has 0 aliphatic heterocycles. The first-order valence-electron chi connectivity index (χ1n) is 7.33. The molecule has 3 atom stereocenters. The van der Waals surface area contributed by atoms with Crippen molar-refractivity contribution in [3.05, 3.63) is 11.6 Å². The molecule has 0 radical (unpaired) electrons. The van der Waals surface area contributed by atoms with Crippen molar-refractivity contribution in [2.45, 2.75) is 66.1 Å². The molecule has 19 heavy (non-hydrogen) atoms. The molecule has 0 bridgehead atoms. The Labute approximate surface area is 117 Å². The zero-order valence-electron chi connectivity index (χ0n) is 13.2. The van der Waals surface area contributed by atoms with E-state index in [4.69, 9.17) is 9.47 Å². The van der Waals surface area contributed by atoms with E-state index < -0.39 is 0 Å². The minimum Gasteiger partial charge on any atom is -0.465 e. The molecular weight excluding hydrogens is 240 g/mol. The first kappa shape index (κ1) is 16.2. The van der Waals surface area contributed by atoms with Gasteiger partial charge in [-0.2, -0.15) is 0 Å². The van der Waals surface area contributed by atoms with Crippen LogP contribution in [0, 0.1) is 11.8 Å². The summed E-state index contributed by atoms with van der Waals surface area (Å²) in [6, 6.07) is 0. The largest absolute Gasteiger partial charge is 0.465 e. The number of allylic oxidation sites excluding steroid dienone is 1. The van der Waals surface area contributed by atoms with Gasteiger partial charge in [0.05, 0.1) is 24.2 Å². The van der Waals surface area contributed by atoms with Crippen LogP contribution in [0.25, 0.3) is 0 Å². The first-order chi connectivity index (χ1) is 8.80. The van der Waals surface area contributed by atoms with Crippen molar-refractivity contribution in [1.29, 1.82) is 0 Å². The van der Waals surface area contributed by atoms with Crippen molar-refractivity contribution in [2.75, 3.05) is 6.61 Å². The Morgan fingerprint density at radius 3 is 2.58 bits per heavy atom. The molecule has 1 aliphatic carbocycles. The van der Waals surface area contributed by atoms with Crippen LogP contribution in [0.15, 0.2) is 11.6 Å². The summed E-state index contributed by atoms with van der Waals surface area (Å²) in [6.45, 7) is 12.9. The van der Waals surface area contributed by atoms with E-state index in [9.17, 15) is 4.79 Å². The van der Waals surface area contributed by atoms with Gasteiger partial charge in [-0.05, 0) is 45.1 Å². The summed E-state index contributed by atoms with van der Waals surface area (Å²) in [7, 11) is 0. The van der Waals surface area contributed by atoms with Gasteiger partial charge in [0.15, 0.2) is 0 Å². The number of hydrogen-bond donors (Lipinski definition) is 0. The third kappa shape index (κ3) is 4.64.